The standard InChI is InChI=1S/C16H17F2NO3/c17-16(18)21-13-5-4-9(8-14(13)22-16)15(20)10-6-11-2-1-3-12(7-10)19-11/h4-5,8,10-12,19H,1-3,6-7H2. The fourth-order valence-electron chi connectivity index (χ4n) is 3.82. The van der Waals surface area contributed by atoms with Crippen molar-refractivity contribution in [3.63, 3.8) is 0 Å². The third kappa shape index (κ3) is 2.45. The summed E-state index contributed by atoms with van der Waals surface area (Å²) < 4.78 is 34.9. The van der Waals surface area contributed by atoms with Crippen LogP contribution in [0.25, 0.3) is 0 Å². The Morgan fingerprint density at radius 3 is 2.55 bits per heavy atom. The Hall–Kier alpha value is -1.69. The summed E-state index contributed by atoms with van der Waals surface area (Å²) in [5, 5.41) is 3.55. The van der Waals surface area contributed by atoms with Gasteiger partial charge in [0.15, 0.2) is 17.3 Å². The molecule has 2 saturated heterocycles. The van der Waals surface area contributed by atoms with Gasteiger partial charge >= 0.3 is 6.29 Å². The van der Waals surface area contributed by atoms with Gasteiger partial charge in [-0.25, -0.2) is 0 Å². The van der Waals surface area contributed by atoms with Crippen molar-refractivity contribution in [2.45, 2.75) is 50.5 Å². The van der Waals surface area contributed by atoms with Gasteiger partial charge in [-0.2, -0.15) is 0 Å². The molecule has 3 heterocycles. The Morgan fingerprint density at radius 1 is 1.14 bits per heavy atom. The SMILES string of the molecule is O=C(c1ccc2c(c1)OC(F)(F)O2)C1CC2CCCC(C1)N2. The van der Waals surface area contributed by atoms with E-state index in [9.17, 15) is 13.6 Å². The van der Waals surface area contributed by atoms with Gasteiger partial charge in [0, 0.05) is 23.6 Å². The zero-order valence-corrected chi connectivity index (χ0v) is 12.0. The molecular formula is C16H17F2NO3. The average molecular weight is 309 g/mol. The quantitative estimate of drug-likeness (QED) is 0.853. The topological polar surface area (TPSA) is 47.6 Å². The molecule has 4 nitrogen and oxygen atoms in total. The van der Waals surface area contributed by atoms with E-state index in [0.29, 0.717) is 17.6 Å². The lowest BCUT2D eigenvalue weighted by Crippen LogP contribution is -2.50. The molecule has 1 aromatic rings. The number of ether oxygens (including phenoxy) is 2. The van der Waals surface area contributed by atoms with Crippen LogP contribution < -0.4 is 14.8 Å². The molecule has 2 unspecified atom stereocenters. The van der Waals surface area contributed by atoms with Crippen LogP contribution in [0.2, 0.25) is 0 Å². The highest BCUT2D eigenvalue weighted by Crippen LogP contribution is 2.42. The monoisotopic (exact) mass is 309 g/mol. The highest BCUT2D eigenvalue weighted by atomic mass is 19.3. The molecule has 3 aliphatic rings. The van der Waals surface area contributed by atoms with Crippen LogP contribution in [0.4, 0.5) is 8.78 Å². The first-order chi connectivity index (χ1) is 10.5. The maximum Gasteiger partial charge on any atom is 0.586 e. The van der Waals surface area contributed by atoms with Gasteiger partial charge in [-0.3, -0.25) is 4.79 Å². The molecule has 22 heavy (non-hydrogen) atoms. The number of Topliss-reactive ketones (excluding diaryl/α,β-unsaturated/α-hetero) is 1. The normalized spacial score (nSPS) is 31.8. The number of halogens is 2. The molecule has 1 N–H and O–H groups in total. The molecule has 0 aromatic heterocycles. The predicted molar refractivity (Wildman–Crippen MR) is 74.3 cm³/mol. The molecule has 0 spiro atoms. The van der Waals surface area contributed by atoms with Crippen molar-refractivity contribution in [3.05, 3.63) is 23.8 Å². The number of alkyl halides is 2. The van der Waals surface area contributed by atoms with Crippen molar-refractivity contribution >= 4 is 5.78 Å². The molecule has 2 bridgehead atoms. The number of carbonyl (C=O) groups excluding carboxylic acids is 1. The van der Waals surface area contributed by atoms with Crippen molar-refractivity contribution in [1.29, 1.82) is 0 Å². The van der Waals surface area contributed by atoms with E-state index in [1.807, 2.05) is 0 Å². The maximum absolute atomic E-state index is 13.0. The van der Waals surface area contributed by atoms with E-state index in [2.05, 4.69) is 14.8 Å². The molecule has 4 rings (SSSR count). The van der Waals surface area contributed by atoms with Crippen molar-refractivity contribution in [3.8, 4) is 11.5 Å². The van der Waals surface area contributed by atoms with Crippen LogP contribution in [0.3, 0.4) is 0 Å². The summed E-state index contributed by atoms with van der Waals surface area (Å²) in [6, 6.07) is 5.10. The summed E-state index contributed by atoms with van der Waals surface area (Å²) in [5.41, 5.74) is 0.421. The van der Waals surface area contributed by atoms with Crippen LogP contribution in [-0.4, -0.2) is 24.2 Å². The van der Waals surface area contributed by atoms with Crippen molar-refractivity contribution < 1.29 is 23.0 Å². The largest absolute Gasteiger partial charge is 0.586 e. The van der Waals surface area contributed by atoms with Gasteiger partial charge in [0.2, 0.25) is 0 Å². The van der Waals surface area contributed by atoms with Gasteiger partial charge in [0.25, 0.3) is 0 Å². The Bertz CT molecular complexity index is 607. The lowest BCUT2D eigenvalue weighted by molar-refractivity contribution is -0.286. The van der Waals surface area contributed by atoms with Crippen LogP contribution >= 0.6 is 0 Å². The van der Waals surface area contributed by atoms with Gasteiger partial charge in [-0.1, -0.05) is 6.42 Å². The van der Waals surface area contributed by atoms with E-state index < -0.39 is 6.29 Å². The first kappa shape index (κ1) is 13.9. The van der Waals surface area contributed by atoms with Crippen molar-refractivity contribution in [1.82, 2.24) is 5.32 Å². The molecule has 1 aromatic carbocycles. The predicted octanol–water partition coefficient (Wildman–Crippen LogP) is 3.11. The summed E-state index contributed by atoms with van der Waals surface area (Å²) in [4.78, 5) is 12.7. The molecular weight excluding hydrogens is 292 g/mol. The van der Waals surface area contributed by atoms with Crippen molar-refractivity contribution in [2.75, 3.05) is 0 Å². The third-order valence-electron chi connectivity index (χ3n) is 4.77. The molecule has 0 saturated carbocycles. The second-order valence-electron chi connectivity index (χ2n) is 6.35. The summed E-state index contributed by atoms with van der Waals surface area (Å²) in [6.45, 7) is 0. The number of fused-ring (bicyclic) bond motifs is 3. The summed E-state index contributed by atoms with van der Waals surface area (Å²) in [6.07, 6.45) is 1.42. The van der Waals surface area contributed by atoms with Crippen LogP contribution in [0.5, 0.6) is 11.5 Å². The van der Waals surface area contributed by atoms with Gasteiger partial charge in [-0.15, -0.1) is 8.78 Å². The molecule has 0 aliphatic carbocycles. The van der Waals surface area contributed by atoms with E-state index >= 15 is 0 Å². The lowest BCUT2D eigenvalue weighted by Gasteiger charge is -2.39. The number of hydrogen-bond donors (Lipinski definition) is 1. The number of nitrogens with one attached hydrogen (secondary N) is 1. The summed E-state index contributed by atoms with van der Waals surface area (Å²) in [5.74, 6) is -0.119. The zero-order valence-electron chi connectivity index (χ0n) is 12.0. The molecule has 2 fully saturated rings. The summed E-state index contributed by atoms with van der Waals surface area (Å²) >= 11 is 0. The molecule has 2 atom stereocenters. The number of carbonyl (C=O) groups is 1. The number of benzene rings is 1. The molecule has 118 valence electrons. The summed E-state index contributed by atoms with van der Waals surface area (Å²) in [7, 11) is 0. The molecule has 6 heteroatoms. The van der Waals surface area contributed by atoms with E-state index in [4.69, 9.17) is 0 Å². The second kappa shape index (κ2) is 4.91. The van der Waals surface area contributed by atoms with Gasteiger partial charge in [0.05, 0.1) is 0 Å². The van der Waals surface area contributed by atoms with E-state index in [0.717, 1.165) is 25.7 Å². The number of ketones is 1. The fraction of sp³-hybridized carbons (Fsp3) is 0.562. The number of rotatable bonds is 2. The smallest absolute Gasteiger partial charge is 0.395 e. The van der Waals surface area contributed by atoms with Crippen LogP contribution in [0.1, 0.15) is 42.5 Å². The minimum absolute atomic E-state index is 0.0139. The molecule has 0 radical (unpaired) electrons. The Labute approximate surface area is 126 Å². The van der Waals surface area contributed by atoms with Crippen molar-refractivity contribution in [2.24, 2.45) is 5.92 Å². The van der Waals surface area contributed by atoms with Gasteiger partial charge in [-0.05, 0) is 43.9 Å². The van der Waals surface area contributed by atoms with Gasteiger partial charge < -0.3 is 14.8 Å². The first-order valence-corrected chi connectivity index (χ1v) is 7.70. The fourth-order valence-corrected chi connectivity index (χ4v) is 3.82. The minimum atomic E-state index is -3.64. The van der Waals surface area contributed by atoms with E-state index in [1.54, 1.807) is 6.07 Å². The van der Waals surface area contributed by atoms with Gasteiger partial charge in [0.1, 0.15) is 0 Å². The Kier molecular flexibility index (Phi) is 3.11. The van der Waals surface area contributed by atoms with Crippen LogP contribution in [0, 0.1) is 5.92 Å². The molecule has 0 amide bonds. The zero-order chi connectivity index (χ0) is 15.3. The van der Waals surface area contributed by atoms with E-state index in [1.165, 1.54) is 18.6 Å². The third-order valence-corrected chi connectivity index (χ3v) is 4.77. The minimum Gasteiger partial charge on any atom is -0.395 e. The second-order valence-corrected chi connectivity index (χ2v) is 6.35. The molecule has 3 aliphatic heterocycles. The first-order valence-electron chi connectivity index (χ1n) is 7.70. The highest BCUT2D eigenvalue weighted by Gasteiger charge is 2.44. The van der Waals surface area contributed by atoms with Crippen LogP contribution in [-0.2, 0) is 0 Å². The Balaban J connectivity index is 1.54. The maximum atomic E-state index is 13.0. The number of piperidine rings is 2. The highest BCUT2D eigenvalue weighted by molar-refractivity contribution is 5.98. The number of hydrogen-bond acceptors (Lipinski definition) is 4. The average Bonchev–Trinajstić information content (AvgIpc) is 2.78. The van der Waals surface area contributed by atoms with E-state index in [-0.39, 0.29) is 23.2 Å². The van der Waals surface area contributed by atoms with Crippen LogP contribution in [0.15, 0.2) is 18.2 Å². The Morgan fingerprint density at radius 2 is 1.82 bits per heavy atom. The lowest BCUT2D eigenvalue weighted by atomic mass is 9.77.